The lowest BCUT2D eigenvalue weighted by Crippen LogP contribution is -2.38. The van der Waals surface area contributed by atoms with Gasteiger partial charge in [-0.05, 0) is 52.2 Å². The number of aromatic amines is 1. The van der Waals surface area contributed by atoms with Crippen molar-refractivity contribution in [2.75, 3.05) is 13.1 Å². The van der Waals surface area contributed by atoms with E-state index in [0.717, 1.165) is 51.2 Å². The van der Waals surface area contributed by atoms with Crippen LogP contribution in [0, 0.1) is 27.7 Å². The fourth-order valence-corrected chi connectivity index (χ4v) is 5.53. The molecule has 3 aromatic rings. The van der Waals surface area contributed by atoms with Gasteiger partial charge in [-0.2, -0.15) is 0 Å². The largest absolute Gasteiger partial charge is 0.355 e. The molecule has 1 N–H and O–H groups in total. The van der Waals surface area contributed by atoms with Crippen molar-refractivity contribution < 1.29 is 9.59 Å². The van der Waals surface area contributed by atoms with Crippen molar-refractivity contribution in [3.63, 3.8) is 0 Å². The lowest BCUT2D eigenvalue weighted by atomic mass is 9.96. The molecular weight excluding hydrogens is 410 g/mol. The molecule has 0 spiro atoms. The van der Waals surface area contributed by atoms with Crippen LogP contribution in [0.3, 0.4) is 0 Å². The number of hydrogen-bond donors (Lipinski definition) is 1. The number of carbonyl (C=O) groups excluding carboxylic acids is 2. The average molecular weight is 438 g/mol. The van der Waals surface area contributed by atoms with Gasteiger partial charge in [0.25, 0.3) is 5.91 Å². The molecule has 1 aliphatic rings. The first-order chi connectivity index (χ1) is 14.8. The monoisotopic (exact) mass is 437 g/mol. The minimum absolute atomic E-state index is 0.00432. The van der Waals surface area contributed by atoms with Gasteiger partial charge in [0, 0.05) is 37.8 Å². The molecule has 1 amide bonds. The van der Waals surface area contributed by atoms with Crippen LogP contribution in [0.15, 0.2) is 12.3 Å². The predicted molar refractivity (Wildman–Crippen MR) is 121 cm³/mol. The number of amides is 1. The van der Waals surface area contributed by atoms with Crippen LogP contribution in [0.4, 0.5) is 0 Å². The zero-order valence-electron chi connectivity index (χ0n) is 18.6. The molecule has 8 heteroatoms. The standard InChI is InChI=1S/C23H27N5O2S/c1-12-19(13(2)25-20(12)15(4)29)23(30)28-10-7-17(8-11-28)22-26-14(3)21(31-22)18-6-9-24-16(5)27-18/h6,9,17,25H,7-8,10-11H2,1-5H3. The smallest absolute Gasteiger partial charge is 0.255 e. The van der Waals surface area contributed by atoms with E-state index in [4.69, 9.17) is 4.98 Å². The second-order valence-electron chi connectivity index (χ2n) is 8.20. The molecule has 0 saturated carbocycles. The Labute approximate surface area is 186 Å². The molecule has 3 aromatic heterocycles. The SMILES string of the molecule is CC(=O)c1[nH]c(C)c(C(=O)N2CCC(c3nc(C)c(-c4ccnc(C)n4)s3)CC2)c1C. The van der Waals surface area contributed by atoms with Gasteiger partial charge in [-0.3, -0.25) is 9.59 Å². The summed E-state index contributed by atoms with van der Waals surface area (Å²) in [5.41, 5.74) is 4.58. The Kier molecular flexibility index (Phi) is 5.75. The van der Waals surface area contributed by atoms with E-state index in [9.17, 15) is 9.59 Å². The van der Waals surface area contributed by atoms with Gasteiger partial charge in [-0.25, -0.2) is 15.0 Å². The zero-order chi connectivity index (χ0) is 22.3. The van der Waals surface area contributed by atoms with E-state index >= 15 is 0 Å². The molecule has 1 fully saturated rings. The molecule has 1 aliphatic heterocycles. The lowest BCUT2D eigenvalue weighted by molar-refractivity contribution is 0.0711. The summed E-state index contributed by atoms with van der Waals surface area (Å²) in [6, 6.07) is 1.93. The first-order valence-corrected chi connectivity index (χ1v) is 11.3. The maximum atomic E-state index is 13.2. The van der Waals surface area contributed by atoms with Crippen LogP contribution in [0.2, 0.25) is 0 Å². The van der Waals surface area contributed by atoms with E-state index < -0.39 is 0 Å². The van der Waals surface area contributed by atoms with Gasteiger partial charge in [0.1, 0.15) is 5.82 Å². The quantitative estimate of drug-likeness (QED) is 0.612. The lowest BCUT2D eigenvalue weighted by Gasteiger charge is -2.31. The second kappa shape index (κ2) is 8.34. The highest BCUT2D eigenvalue weighted by atomic mass is 32.1. The Balaban J connectivity index is 1.48. The van der Waals surface area contributed by atoms with E-state index in [0.29, 0.717) is 30.3 Å². The molecule has 0 radical (unpaired) electrons. The predicted octanol–water partition coefficient (Wildman–Crippen LogP) is 4.38. The molecule has 0 aliphatic carbocycles. The van der Waals surface area contributed by atoms with E-state index in [1.165, 1.54) is 6.92 Å². The van der Waals surface area contributed by atoms with Gasteiger partial charge >= 0.3 is 0 Å². The molecule has 31 heavy (non-hydrogen) atoms. The molecular formula is C23H27N5O2S. The van der Waals surface area contributed by atoms with Gasteiger partial charge < -0.3 is 9.88 Å². The van der Waals surface area contributed by atoms with Crippen molar-refractivity contribution >= 4 is 23.0 Å². The Hall–Kier alpha value is -2.87. The summed E-state index contributed by atoms with van der Waals surface area (Å²) in [6.07, 6.45) is 3.54. The normalized spacial score (nSPS) is 14.8. The number of nitrogens with one attached hydrogen (secondary N) is 1. The molecule has 0 unspecified atom stereocenters. The molecule has 162 valence electrons. The molecule has 0 atom stereocenters. The summed E-state index contributed by atoms with van der Waals surface area (Å²) < 4.78 is 0. The Morgan fingerprint density at radius 2 is 1.84 bits per heavy atom. The molecule has 1 saturated heterocycles. The molecule has 4 rings (SSSR count). The number of likely N-dealkylation sites (tertiary alicyclic amines) is 1. The van der Waals surface area contributed by atoms with E-state index in [1.807, 2.05) is 38.7 Å². The van der Waals surface area contributed by atoms with Crippen LogP contribution in [0.1, 0.15) is 74.3 Å². The van der Waals surface area contributed by atoms with Crippen LogP contribution < -0.4 is 0 Å². The van der Waals surface area contributed by atoms with Crippen LogP contribution >= 0.6 is 11.3 Å². The minimum Gasteiger partial charge on any atom is -0.355 e. The fourth-order valence-electron chi connectivity index (χ4n) is 4.32. The summed E-state index contributed by atoms with van der Waals surface area (Å²) >= 11 is 1.70. The van der Waals surface area contributed by atoms with Gasteiger partial charge in [0.05, 0.1) is 32.5 Å². The van der Waals surface area contributed by atoms with Crippen molar-refractivity contribution in [2.24, 2.45) is 0 Å². The molecule has 0 bridgehead atoms. The third-order valence-electron chi connectivity index (χ3n) is 5.96. The highest BCUT2D eigenvalue weighted by molar-refractivity contribution is 7.15. The Morgan fingerprint density at radius 3 is 2.45 bits per heavy atom. The number of thiazole rings is 1. The number of piperidine rings is 1. The zero-order valence-corrected chi connectivity index (χ0v) is 19.4. The minimum atomic E-state index is -0.0489. The Morgan fingerprint density at radius 1 is 1.13 bits per heavy atom. The first kappa shape index (κ1) is 21.4. The van der Waals surface area contributed by atoms with Crippen LogP contribution in [0.5, 0.6) is 0 Å². The summed E-state index contributed by atoms with van der Waals surface area (Å²) in [5, 5.41) is 1.11. The highest BCUT2D eigenvalue weighted by Crippen LogP contribution is 2.37. The van der Waals surface area contributed by atoms with Crippen molar-refractivity contribution in [3.8, 4) is 10.6 Å². The van der Waals surface area contributed by atoms with E-state index in [1.54, 1.807) is 17.5 Å². The molecule has 0 aromatic carbocycles. The first-order valence-electron chi connectivity index (χ1n) is 10.5. The van der Waals surface area contributed by atoms with Crippen molar-refractivity contribution in [1.29, 1.82) is 0 Å². The van der Waals surface area contributed by atoms with Crippen molar-refractivity contribution in [3.05, 3.63) is 51.3 Å². The third kappa shape index (κ3) is 4.04. The summed E-state index contributed by atoms with van der Waals surface area (Å²) in [4.78, 5) is 44.6. The number of rotatable bonds is 4. The molecule has 4 heterocycles. The number of ketones is 1. The number of aryl methyl sites for hydroxylation is 3. The van der Waals surface area contributed by atoms with Crippen LogP contribution in [-0.2, 0) is 0 Å². The number of hydrogen-bond acceptors (Lipinski definition) is 6. The van der Waals surface area contributed by atoms with Crippen LogP contribution in [0.25, 0.3) is 10.6 Å². The van der Waals surface area contributed by atoms with E-state index in [-0.39, 0.29) is 11.7 Å². The molecule has 7 nitrogen and oxygen atoms in total. The second-order valence-corrected chi connectivity index (χ2v) is 9.23. The van der Waals surface area contributed by atoms with Gasteiger partial charge in [0.2, 0.25) is 0 Å². The Bertz CT molecular complexity index is 1150. The maximum absolute atomic E-state index is 13.2. The average Bonchev–Trinajstić information content (AvgIpc) is 3.27. The topological polar surface area (TPSA) is 91.8 Å². The number of carbonyl (C=O) groups is 2. The van der Waals surface area contributed by atoms with Crippen LogP contribution in [-0.4, -0.2) is 49.6 Å². The number of nitrogens with zero attached hydrogens (tertiary/aromatic N) is 4. The number of Topliss-reactive ketones (excluding diaryl/α,β-unsaturated/α-hetero) is 1. The van der Waals surface area contributed by atoms with Gasteiger partial charge in [-0.15, -0.1) is 11.3 Å². The fraction of sp³-hybridized carbons (Fsp3) is 0.435. The van der Waals surface area contributed by atoms with Gasteiger partial charge in [-0.1, -0.05) is 0 Å². The van der Waals surface area contributed by atoms with Crippen molar-refractivity contribution in [1.82, 2.24) is 24.8 Å². The third-order valence-corrected chi connectivity index (χ3v) is 7.30. The summed E-state index contributed by atoms with van der Waals surface area (Å²) in [7, 11) is 0. The highest BCUT2D eigenvalue weighted by Gasteiger charge is 2.30. The summed E-state index contributed by atoms with van der Waals surface area (Å²) in [6.45, 7) is 10.5. The number of H-pyrrole nitrogens is 1. The maximum Gasteiger partial charge on any atom is 0.255 e. The number of aromatic nitrogens is 4. The summed E-state index contributed by atoms with van der Waals surface area (Å²) in [5.74, 6) is 1.05. The van der Waals surface area contributed by atoms with Crippen molar-refractivity contribution in [2.45, 2.75) is 53.4 Å². The van der Waals surface area contributed by atoms with Gasteiger partial charge in [0.15, 0.2) is 5.78 Å². The van der Waals surface area contributed by atoms with E-state index in [2.05, 4.69) is 15.0 Å².